The van der Waals surface area contributed by atoms with Crippen molar-refractivity contribution in [3.63, 3.8) is 0 Å². The van der Waals surface area contributed by atoms with Crippen LogP contribution in [0.25, 0.3) is 0 Å². The zero-order chi connectivity index (χ0) is 70.0. The third kappa shape index (κ3) is 69.0. The van der Waals surface area contributed by atoms with Crippen LogP contribution in [-0.2, 0) is 65.4 Å². The molecule has 3 N–H and O–H groups in total. The number of ether oxygens (including phenoxy) is 4. The summed E-state index contributed by atoms with van der Waals surface area (Å²) in [5, 5.41) is 10.6. The van der Waals surface area contributed by atoms with Crippen LogP contribution >= 0.6 is 15.6 Å². The fourth-order valence-electron chi connectivity index (χ4n) is 11.6. The van der Waals surface area contributed by atoms with Crippen LogP contribution in [0.4, 0.5) is 0 Å². The summed E-state index contributed by atoms with van der Waals surface area (Å²) in [6.07, 6.45) is 55.5. The SMILES string of the molecule is CCCCCCCCCCCCCCCCC(=O)OC[C@H](COP(=O)(O)OC[C@@H](O)COP(=O)(O)OC[C@@H](COC(=O)CCCCCCCCC(C)C)OC(=O)CCCCCCCCCCCCCCCC)OC(=O)CCCCCCCCCCCCCCCCC(C)CC. The summed E-state index contributed by atoms with van der Waals surface area (Å²) < 4.78 is 68.5. The lowest BCUT2D eigenvalue weighted by Crippen LogP contribution is -2.30. The summed E-state index contributed by atoms with van der Waals surface area (Å²) in [4.78, 5) is 72.8. The molecule has 0 spiro atoms. The van der Waals surface area contributed by atoms with Gasteiger partial charge in [0.2, 0.25) is 0 Å². The molecule has 17 nitrogen and oxygen atoms in total. The lowest BCUT2D eigenvalue weighted by Gasteiger charge is -2.21. The maximum atomic E-state index is 13.1. The maximum absolute atomic E-state index is 13.1. The van der Waals surface area contributed by atoms with E-state index < -0.39 is 97.5 Å². The number of unbranched alkanes of at least 4 members (excludes halogenated alkanes) is 44. The van der Waals surface area contributed by atoms with Crippen molar-refractivity contribution in [3.05, 3.63) is 0 Å². The molecule has 6 atom stereocenters. The lowest BCUT2D eigenvalue weighted by molar-refractivity contribution is -0.161. The molecule has 0 saturated heterocycles. The highest BCUT2D eigenvalue weighted by molar-refractivity contribution is 7.47. The van der Waals surface area contributed by atoms with Crippen LogP contribution < -0.4 is 0 Å². The van der Waals surface area contributed by atoms with Crippen molar-refractivity contribution in [3.8, 4) is 0 Å². The van der Waals surface area contributed by atoms with Gasteiger partial charge in [-0.3, -0.25) is 37.3 Å². The van der Waals surface area contributed by atoms with E-state index in [1.54, 1.807) is 0 Å². The van der Waals surface area contributed by atoms with Crippen molar-refractivity contribution in [2.75, 3.05) is 39.6 Å². The highest BCUT2D eigenvalue weighted by Gasteiger charge is 2.30. The van der Waals surface area contributed by atoms with Crippen molar-refractivity contribution >= 4 is 39.5 Å². The van der Waals surface area contributed by atoms with E-state index in [4.69, 9.17) is 37.0 Å². The number of hydrogen-bond acceptors (Lipinski definition) is 15. The van der Waals surface area contributed by atoms with E-state index in [0.29, 0.717) is 31.6 Å². The van der Waals surface area contributed by atoms with Crippen LogP contribution in [-0.4, -0.2) is 96.7 Å². The Balaban J connectivity index is 5.23. The number of carbonyl (C=O) groups is 4. The molecule has 0 rings (SSSR count). The monoisotopic (exact) mass is 1400 g/mol. The molecular formula is C76H148O17P2. The van der Waals surface area contributed by atoms with E-state index in [1.165, 1.54) is 205 Å². The smallest absolute Gasteiger partial charge is 0.462 e. The van der Waals surface area contributed by atoms with Crippen LogP contribution in [0.3, 0.4) is 0 Å². The summed E-state index contributed by atoms with van der Waals surface area (Å²) in [5.41, 5.74) is 0. The topological polar surface area (TPSA) is 237 Å². The largest absolute Gasteiger partial charge is 0.472 e. The molecule has 0 aromatic carbocycles. The molecular weight excluding hydrogens is 1250 g/mol. The Kier molecular flexibility index (Phi) is 66.5. The van der Waals surface area contributed by atoms with E-state index in [-0.39, 0.29) is 25.7 Å². The number of aliphatic hydroxyl groups is 1. The molecule has 0 radical (unpaired) electrons. The highest BCUT2D eigenvalue weighted by Crippen LogP contribution is 2.45. The molecule has 19 heteroatoms. The van der Waals surface area contributed by atoms with Gasteiger partial charge in [0.15, 0.2) is 12.2 Å². The first-order chi connectivity index (χ1) is 45.9. The molecule has 3 unspecified atom stereocenters. The third-order valence-electron chi connectivity index (χ3n) is 18.1. The summed E-state index contributed by atoms with van der Waals surface area (Å²) in [6.45, 7) is 9.58. The molecule has 0 aliphatic rings. The minimum Gasteiger partial charge on any atom is -0.462 e. The van der Waals surface area contributed by atoms with Crippen LogP contribution in [0.1, 0.15) is 395 Å². The molecule has 95 heavy (non-hydrogen) atoms. The fourth-order valence-corrected chi connectivity index (χ4v) is 13.2. The minimum atomic E-state index is -4.96. The normalized spacial score (nSPS) is 14.3. The van der Waals surface area contributed by atoms with E-state index >= 15 is 0 Å². The molecule has 0 fully saturated rings. The zero-order valence-corrected chi connectivity index (χ0v) is 63.8. The van der Waals surface area contributed by atoms with Gasteiger partial charge < -0.3 is 33.8 Å². The zero-order valence-electron chi connectivity index (χ0n) is 62.0. The Hall–Kier alpha value is -1.94. The maximum Gasteiger partial charge on any atom is 0.472 e. The van der Waals surface area contributed by atoms with Crippen LogP contribution in [0.5, 0.6) is 0 Å². The van der Waals surface area contributed by atoms with E-state index in [2.05, 4.69) is 41.5 Å². The molecule has 0 aliphatic heterocycles. The summed E-state index contributed by atoms with van der Waals surface area (Å²) >= 11 is 0. The second-order valence-electron chi connectivity index (χ2n) is 28.1. The quantitative estimate of drug-likeness (QED) is 0.0222. The van der Waals surface area contributed by atoms with Gasteiger partial charge in [-0.2, -0.15) is 0 Å². The Labute approximate surface area is 581 Å². The minimum absolute atomic E-state index is 0.107. The van der Waals surface area contributed by atoms with Gasteiger partial charge in [0, 0.05) is 25.7 Å². The Morgan fingerprint density at radius 1 is 0.305 bits per heavy atom. The van der Waals surface area contributed by atoms with Crippen molar-refractivity contribution in [2.45, 2.75) is 413 Å². The van der Waals surface area contributed by atoms with E-state index in [1.807, 2.05) is 0 Å². The summed E-state index contributed by atoms with van der Waals surface area (Å²) in [7, 11) is -9.91. The molecule has 0 bridgehead atoms. The molecule has 0 heterocycles. The highest BCUT2D eigenvalue weighted by atomic mass is 31.2. The van der Waals surface area contributed by atoms with E-state index in [0.717, 1.165) is 102 Å². The van der Waals surface area contributed by atoms with Gasteiger partial charge >= 0.3 is 39.5 Å². The molecule has 0 aliphatic carbocycles. The number of rotatable bonds is 75. The first kappa shape index (κ1) is 93.1. The molecule has 0 amide bonds. The third-order valence-corrected chi connectivity index (χ3v) is 20.0. The number of hydrogen-bond donors (Lipinski definition) is 3. The lowest BCUT2D eigenvalue weighted by atomic mass is 9.99. The summed E-state index contributed by atoms with van der Waals surface area (Å²) in [5.74, 6) is -0.590. The van der Waals surface area contributed by atoms with Crippen LogP contribution in [0.2, 0.25) is 0 Å². The fraction of sp³-hybridized carbons (Fsp3) is 0.947. The molecule has 0 aromatic heterocycles. The standard InChI is InChI=1S/C76H148O17P2/c1-7-10-12-14-16-18-20-22-27-31-35-39-46-52-58-73(78)86-64-71(92-75(80)61-55-49-41-37-33-29-25-24-26-30-34-38-45-51-57-69(6)9-3)66-90-94(82,83)88-62-70(77)63-89-95(84,85)91-67-72(65-87-74(79)59-53-47-43-42-44-50-56-68(4)5)93-76(81)60-54-48-40-36-32-28-23-21-19-17-15-13-11-8-2/h68-72,77H,7-67H2,1-6H3,(H,82,83)(H,84,85)/t69?,70-,71-,72-/m1/s1. The van der Waals surface area contributed by atoms with Crippen molar-refractivity contribution in [1.82, 2.24) is 0 Å². The number of phosphoric acid groups is 2. The second-order valence-corrected chi connectivity index (χ2v) is 31.0. The summed E-state index contributed by atoms with van der Waals surface area (Å²) in [6, 6.07) is 0. The van der Waals surface area contributed by atoms with Gasteiger partial charge in [-0.05, 0) is 37.5 Å². The first-order valence-corrected chi connectivity index (χ1v) is 42.5. The van der Waals surface area contributed by atoms with E-state index in [9.17, 15) is 43.2 Å². The van der Waals surface area contributed by atoms with Crippen molar-refractivity contribution < 1.29 is 80.2 Å². The predicted octanol–water partition coefficient (Wildman–Crippen LogP) is 22.3. The van der Waals surface area contributed by atoms with Crippen LogP contribution in [0, 0.1) is 11.8 Å². The Bertz CT molecular complexity index is 1840. The average Bonchev–Trinajstić information content (AvgIpc) is 3.07. The van der Waals surface area contributed by atoms with Gasteiger partial charge in [-0.15, -0.1) is 0 Å². The van der Waals surface area contributed by atoms with Gasteiger partial charge in [-0.25, -0.2) is 9.13 Å². The number of carbonyl (C=O) groups excluding carboxylic acids is 4. The first-order valence-electron chi connectivity index (χ1n) is 39.5. The number of phosphoric ester groups is 2. The van der Waals surface area contributed by atoms with Crippen molar-refractivity contribution in [1.29, 1.82) is 0 Å². The van der Waals surface area contributed by atoms with Crippen LogP contribution in [0.15, 0.2) is 0 Å². The van der Waals surface area contributed by atoms with Gasteiger partial charge in [-0.1, -0.05) is 343 Å². The van der Waals surface area contributed by atoms with Gasteiger partial charge in [0.05, 0.1) is 26.4 Å². The predicted molar refractivity (Wildman–Crippen MR) is 386 cm³/mol. The second kappa shape index (κ2) is 67.9. The van der Waals surface area contributed by atoms with Gasteiger partial charge in [0.1, 0.15) is 19.3 Å². The molecule has 0 aromatic rings. The van der Waals surface area contributed by atoms with Crippen molar-refractivity contribution in [2.24, 2.45) is 11.8 Å². The molecule has 0 saturated carbocycles. The average molecular weight is 1400 g/mol. The Morgan fingerprint density at radius 3 is 0.800 bits per heavy atom. The number of esters is 4. The van der Waals surface area contributed by atoms with Gasteiger partial charge in [0.25, 0.3) is 0 Å². The number of aliphatic hydroxyl groups excluding tert-OH is 1. The molecule has 564 valence electrons. The Morgan fingerprint density at radius 2 is 0.537 bits per heavy atom.